The average Bonchev–Trinajstić information content (AvgIpc) is 3.05. The SMILES string of the molecule is CNC(C)Cc1noc(-c2cc(S(=O)(=O)NC)oc2C)n1.Cl. The second-order valence-electron chi connectivity index (χ2n) is 4.65. The van der Waals surface area contributed by atoms with Crippen molar-refractivity contribution >= 4 is 22.4 Å². The van der Waals surface area contributed by atoms with E-state index in [-0.39, 0.29) is 29.4 Å². The molecule has 8 nitrogen and oxygen atoms in total. The number of sulfonamides is 1. The summed E-state index contributed by atoms with van der Waals surface area (Å²) in [4.78, 5) is 4.26. The number of nitrogens with zero attached hydrogens (tertiary/aromatic N) is 2. The summed E-state index contributed by atoms with van der Waals surface area (Å²) < 4.78 is 36.0. The van der Waals surface area contributed by atoms with Crippen LogP contribution < -0.4 is 10.0 Å². The van der Waals surface area contributed by atoms with Gasteiger partial charge in [0.25, 0.3) is 15.9 Å². The number of halogens is 1. The van der Waals surface area contributed by atoms with Gasteiger partial charge in [-0.2, -0.15) is 4.98 Å². The summed E-state index contributed by atoms with van der Waals surface area (Å²) in [6, 6.07) is 1.58. The van der Waals surface area contributed by atoms with E-state index < -0.39 is 10.0 Å². The minimum absolute atomic E-state index is 0. The molecule has 2 aromatic rings. The van der Waals surface area contributed by atoms with Crippen molar-refractivity contribution in [1.82, 2.24) is 20.2 Å². The Labute approximate surface area is 135 Å². The van der Waals surface area contributed by atoms with Crippen molar-refractivity contribution in [3.8, 4) is 11.5 Å². The van der Waals surface area contributed by atoms with Crippen LogP contribution in [0.15, 0.2) is 20.1 Å². The normalized spacial score (nSPS) is 12.9. The van der Waals surface area contributed by atoms with E-state index in [1.807, 2.05) is 14.0 Å². The number of furan rings is 1. The molecule has 0 spiro atoms. The van der Waals surface area contributed by atoms with Gasteiger partial charge in [-0.1, -0.05) is 5.16 Å². The zero-order chi connectivity index (χ0) is 15.6. The van der Waals surface area contributed by atoms with Crippen molar-refractivity contribution in [1.29, 1.82) is 0 Å². The highest BCUT2D eigenvalue weighted by molar-refractivity contribution is 7.89. The van der Waals surface area contributed by atoms with Gasteiger partial charge in [0.15, 0.2) is 5.82 Å². The lowest BCUT2D eigenvalue weighted by Crippen LogP contribution is -2.24. The van der Waals surface area contributed by atoms with Crippen molar-refractivity contribution < 1.29 is 17.4 Å². The fourth-order valence-corrected chi connectivity index (χ4v) is 2.43. The quantitative estimate of drug-likeness (QED) is 0.803. The minimum Gasteiger partial charge on any atom is -0.448 e. The molecular formula is C12H19ClN4O4S. The van der Waals surface area contributed by atoms with E-state index in [4.69, 9.17) is 8.94 Å². The zero-order valence-corrected chi connectivity index (χ0v) is 14.3. The average molecular weight is 351 g/mol. The molecule has 0 saturated carbocycles. The van der Waals surface area contributed by atoms with Crippen LogP contribution >= 0.6 is 12.4 Å². The Morgan fingerprint density at radius 2 is 2.05 bits per heavy atom. The third-order valence-electron chi connectivity index (χ3n) is 3.11. The summed E-state index contributed by atoms with van der Waals surface area (Å²) in [5, 5.41) is 6.78. The number of rotatable bonds is 6. The molecule has 0 amide bonds. The molecule has 0 saturated heterocycles. The van der Waals surface area contributed by atoms with Gasteiger partial charge in [-0.05, 0) is 27.9 Å². The van der Waals surface area contributed by atoms with Crippen LogP contribution in [0.3, 0.4) is 0 Å². The molecule has 0 bridgehead atoms. The maximum absolute atomic E-state index is 11.7. The summed E-state index contributed by atoms with van der Waals surface area (Å²) in [6.07, 6.45) is 0.610. The molecular weight excluding hydrogens is 332 g/mol. The zero-order valence-electron chi connectivity index (χ0n) is 12.7. The fraction of sp³-hybridized carbons (Fsp3) is 0.500. The lowest BCUT2D eigenvalue weighted by Gasteiger charge is -2.04. The van der Waals surface area contributed by atoms with Gasteiger partial charge in [0.05, 0.1) is 5.56 Å². The first kappa shape index (κ1) is 18.6. The summed E-state index contributed by atoms with van der Waals surface area (Å²) >= 11 is 0. The van der Waals surface area contributed by atoms with E-state index in [0.717, 1.165) is 0 Å². The first-order valence-corrected chi connectivity index (χ1v) is 7.90. The van der Waals surface area contributed by atoms with Crippen LogP contribution in [0.2, 0.25) is 0 Å². The molecule has 22 heavy (non-hydrogen) atoms. The molecule has 10 heteroatoms. The largest absolute Gasteiger partial charge is 0.448 e. The van der Waals surface area contributed by atoms with Gasteiger partial charge in [0, 0.05) is 18.5 Å². The number of aryl methyl sites for hydroxylation is 1. The number of hydrogen-bond donors (Lipinski definition) is 2. The topological polar surface area (TPSA) is 110 Å². The number of nitrogens with one attached hydrogen (secondary N) is 2. The first-order valence-electron chi connectivity index (χ1n) is 6.41. The van der Waals surface area contributed by atoms with Crippen LogP contribution in [0, 0.1) is 6.92 Å². The number of aromatic nitrogens is 2. The maximum Gasteiger partial charge on any atom is 0.273 e. The molecule has 0 aliphatic carbocycles. The van der Waals surface area contributed by atoms with E-state index in [2.05, 4.69) is 20.2 Å². The van der Waals surface area contributed by atoms with E-state index >= 15 is 0 Å². The molecule has 1 atom stereocenters. The third kappa shape index (κ3) is 3.86. The molecule has 1 unspecified atom stereocenters. The Bertz CT molecular complexity index is 725. The Kier molecular flexibility index (Phi) is 6.12. The summed E-state index contributed by atoms with van der Waals surface area (Å²) in [6.45, 7) is 3.64. The Balaban J connectivity index is 0.00000242. The summed E-state index contributed by atoms with van der Waals surface area (Å²) in [5.74, 6) is 1.19. The van der Waals surface area contributed by atoms with Crippen LogP contribution in [0.1, 0.15) is 18.5 Å². The highest BCUT2D eigenvalue weighted by Crippen LogP contribution is 2.27. The highest BCUT2D eigenvalue weighted by atomic mass is 35.5. The summed E-state index contributed by atoms with van der Waals surface area (Å²) in [7, 11) is -0.476. The molecule has 2 aromatic heterocycles. The van der Waals surface area contributed by atoms with Gasteiger partial charge in [0.1, 0.15) is 5.76 Å². The highest BCUT2D eigenvalue weighted by Gasteiger charge is 2.23. The fourth-order valence-electron chi connectivity index (χ4n) is 1.72. The van der Waals surface area contributed by atoms with Crippen molar-refractivity contribution in [2.24, 2.45) is 0 Å². The van der Waals surface area contributed by atoms with E-state index in [0.29, 0.717) is 23.6 Å². The predicted octanol–water partition coefficient (Wildman–Crippen LogP) is 1.12. The lowest BCUT2D eigenvalue weighted by atomic mass is 10.2. The molecule has 0 fully saturated rings. The second-order valence-corrected chi connectivity index (χ2v) is 6.47. The van der Waals surface area contributed by atoms with Crippen molar-refractivity contribution in [2.75, 3.05) is 14.1 Å². The van der Waals surface area contributed by atoms with Crippen molar-refractivity contribution in [2.45, 2.75) is 31.4 Å². The molecule has 0 radical (unpaired) electrons. The van der Waals surface area contributed by atoms with Gasteiger partial charge in [-0.25, -0.2) is 13.1 Å². The maximum atomic E-state index is 11.7. The van der Waals surface area contributed by atoms with Gasteiger partial charge in [-0.15, -0.1) is 12.4 Å². The van der Waals surface area contributed by atoms with Gasteiger partial charge < -0.3 is 14.3 Å². The Hall–Kier alpha value is -1.42. The Morgan fingerprint density at radius 3 is 2.64 bits per heavy atom. The molecule has 2 N–H and O–H groups in total. The molecule has 2 heterocycles. The molecule has 0 aliphatic heterocycles. The van der Waals surface area contributed by atoms with Gasteiger partial charge in [-0.3, -0.25) is 0 Å². The van der Waals surface area contributed by atoms with Crippen molar-refractivity contribution in [3.05, 3.63) is 17.7 Å². The monoisotopic (exact) mass is 350 g/mol. The smallest absolute Gasteiger partial charge is 0.273 e. The standard InChI is InChI=1S/C12H18N4O4S.ClH/c1-7(13-3)5-10-15-12(20-16-10)9-6-11(19-8(9)2)21(17,18)14-4;/h6-7,13-14H,5H2,1-4H3;1H. The molecule has 0 aliphatic rings. The van der Waals surface area contributed by atoms with Crippen LogP contribution in [-0.4, -0.2) is 38.7 Å². The van der Waals surface area contributed by atoms with Crippen molar-refractivity contribution in [3.63, 3.8) is 0 Å². The van der Waals surface area contributed by atoms with Crippen LogP contribution in [0.25, 0.3) is 11.5 Å². The summed E-state index contributed by atoms with van der Waals surface area (Å²) in [5.41, 5.74) is 0.472. The third-order valence-corrected chi connectivity index (χ3v) is 4.38. The number of hydrogen-bond acceptors (Lipinski definition) is 7. The molecule has 124 valence electrons. The molecule has 2 rings (SSSR count). The molecule has 0 aromatic carbocycles. The first-order chi connectivity index (χ1) is 9.87. The van der Waals surface area contributed by atoms with E-state index in [1.54, 1.807) is 6.92 Å². The second kappa shape index (κ2) is 7.23. The predicted molar refractivity (Wildman–Crippen MR) is 82.5 cm³/mol. The Morgan fingerprint density at radius 1 is 1.36 bits per heavy atom. The van der Waals surface area contributed by atoms with E-state index in [1.165, 1.54) is 13.1 Å². The van der Waals surface area contributed by atoms with Crippen LogP contribution in [0.4, 0.5) is 0 Å². The van der Waals surface area contributed by atoms with Crippen LogP contribution in [0.5, 0.6) is 0 Å². The lowest BCUT2D eigenvalue weighted by molar-refractivity contribution is 0.412. The van der Waals surface area contributed by atoms with Crippen LogP contribution in [-0.2, 0) is 16.4 Å². The van der Waals surface area contributed by atoms with Gasteiger partial charge in [0.2, 0.25) is 5.09 Å². The number of likely N-dealkylation sites (N-methyl/N-ethyl adjacent to an activating group) is 1. The van der Waals surface area contributed by atoms with E-state index in [9.17, 15) is 8.42 Å². The van der Waals surface area contributed by atoms with Gasteiger partial charge >= 0.3 is 0 Å². The minimum atomic E-state index is -3.64.